The largest absolute Gasteiger partial charge is 0.444 e. The second-order valence-corrected chi connectivity index (χ2v) is 7.07. The van der Waals surface area contributed by atoms with E-state index in [0.29, 0.717) is 5.92 Å². The minimum Gasteiger partial charge on any atom is -0.444 e. The summed E-state index contributed by atoms with van der Waals surface area (Å²) in [5, 5.41) is 0. The number of hydrogen-bond donors (Lipinski definition) is 0. The zero-order valence-corrected chi connectivity index (χ0v) is 14.1. The van der Waals surface area contributed by atoms with E-state index in [9.17, 15) is 4.79 Å². The van der Waals surface area contributed by atoms with E-state index < -0.39 is 5.60 Å². The maximum atomic E-state index is 12.0. The highest BCUT2D eigenvalue weighted by atomic mass is 16.6. The molecule has 1 fully saturated rings. The second-order valence-electron chi connectivity index (χ2n) is 7.07. The Morgan fingerprint density at radius 1 is 1.18 bits per heavy atom. The van der Waals surface area contributed by atoms with Crippen LogP contribution in [0.3, 0.4) is 0 Å². The van der Waals surface area contributed by atoms with Crippen LogP contribution in [0, 0.1) is 12.8 Å². The van der Waals surface area contributed by atoms with Crippen LogP contribution in [0.1, 0.15) is 44.7 Å². The molecule has 1 aromatic carbocycles. The lowest BCUT2D eigenvalue weighted by molar-refractivity contribution is 0.0197. The molecule has 22 heavy (non-hydrogen) atoms. The zero-order chi connectivity index (χ0) is 16.2. The van der Waals surface area contributed by atoms with E-state index in [2.05, 4.69) is 43.3 Å². The molecule has 0 radical (unpaired) electrons. The van der Waals surface area contributed by atoms with Gasteiger partial charge in [-0.25, -0.2) is 4.79 Å². The molecule has 2 rings (SSSR count). The van der Waals surface area contributed by atoms with Crippen LogP contribution < -0.4 is 0 Å². The molecule has 1 heterocycles. The van der Waals surface area contributed by atoms with E-state index in [1.165, 1.54) is 11.1 Å². The Morgan fingerprint density at radius 3 is 2.32 bits per heavy atom. The Bertz CT molecular complexity index is 517. The van der Waals surface area contributed by atoms with Gasteiger partial charge in [-0.05, 0) is 52.0 Å². The van der Waals surface area contributed by atoms with E-state index in [-0.39, 0.29) is 6.09 Å². The average molecular weight is 301 g/mol. The number of benzene rings is 1. The van der Waals surface area contributed by atoms with Crippen molar-refractivity contribution in [3.63, 3.8) is 0 Å². The lowest BCUT2D eigenvalue weighted by Gasteiger charge is -2.32. The molecule has 0 aromatic heterocycles. The summed E-state index contributed by atoms with van der Waals surface area (Å²) in [7, 11) is 0. The SMILES string of the molecule is Cc1ccc(/C=C\C2CCN(C(=O)OC(C)(C)C)CC2)cc1. The lowest BCUT2D eigenvalue weighted by Crippen LogP contribution is -2.41. The Hall–Kier alpha value is -1.77. The Labute approximate surface area is 134 Å². The molecule has 3 nitrogen and oxygen atoms in total. The molecule has 0 unspecified atom stereocenters. The van der Waals surface area contributed by atoms with E-state index >= 15 is 0 Å². The van der Waals surface area contributed by atoms with Gasteiger partial charge < -0.3 is 9.64 Å². The van der Waals surface area contributed by atoms with Crippen LogP contribution in [0.15, 0.2) is 30.3 Å². The first-order valence-corrected chi connectivity index (χ1v) is 8.06. The van der Waals surface area contributed by atoms with Gasteiger partial charge in [-0.15, -0.1) is 0 Å². The van der Waals surface area contributed by atoms with Gasteiger partial charge in [-0.1, -0.05) is 42.0 Å². The van der Waals surface area contributed by atoms with Crippen molar-refractivity contribution in [2.24, 2.45) is 5.92 Å². The number of carbonyl (C=O) groups excluding carboxylic acids is 1. The van der Waals surface area contributed by atoms with Crippen LogP contribution in [0.4, 0.5) is 4.79 Å². The van der Waals surface area contributed by atoms with Gasteiger partial charge in [0.2, 0.25) is 0 Å². The predicted octanol–water partition coefficient (Wildman–Crippen LogP) is 4.66. The molecule has 0 spiro atoms. The molecule has 1 aliphatic rings. The average Bonchev–Trinajstić information content (AvgIpc) is 2.45. The highest BCUT2D eigenvalue weighted by molar-refractivity contribution is 5.68. The van der Waals surface area contributed by atoms with Crippen molar-refractivity contribution in [1.29, 1.82) is 0 Å². The van der Waals surface area contributed by atoms with Gasteiger partial charge in [0.25, 0.3) is 0 Å². The van der Waals surface area contributed by atoms with Crippen LogP contribution in [0.2, 0.25) is 0 Å². The zero-order valence-electron chi connectivity index (χ0n) is 14.1. The molecular formula is C19H27NO2. The summed E-state index contributed by atoms with van der Waals surface area (Å²) in [6, 6.07) is 8.54. The number of aryl methyl sites for hydroxylation is 1. The van der Waals surface area contributed by atoms with Gasteiger partial charge in [0.1, 0.15) is 5.60 Å². The van der Waals surface area contributed by atoms with Crippen LogP contribution in [-0.4, -0.2) is 29.7 Å². The number of ether oxygens (including phenoxy) is 1. The van der Waals surface area contributed by atoms with Crippen molar-refractivity contribution in [3.05, 3.63) is 41.5 Å². The van der Waals surface area contributed by atoms with Crippen molar-refractivity contribution in [2.75, 3.05) is 13.1 Å². The smallest absolute Gasteiger partial charge is 0.410 e. The number of amides is 1. The molecule has 0 atom stereocenters. The Balaban J connectivity index is 1.82. The van der Waals surface area contributed by atoms with Crippen LogP contribution >= 0.6 is 0 Å². The van der Waals surface area contributed by atoms with Crippen molar-refractivity contribution in [3.8, 4) is 0 Å². The first kappa shape index (κ1) is 16.6. The number of rotatable bonds is 2. The fourth-order valence-electron chi connectivity index (χ4n) is 2.53. The third-order valence-corrected chi connectivity index (χ3v) is 3.83. The Morgan fingerprint density at radius 2 is 1.77 bits per heavy atom. The number of carbonyl (C=O) groups is 1. The number of piperidine rings is 1. The standard InChI is InChI=1S/C19H27NO2/c1-15-5-7-16(8-6-15)9-10-17-11-13-20(14-12-17)18(21)22-19(2,3)4/h5-10,17H,11-14H2,1-4H3/b10-9-. The number of likely N-dealkylation sites (tertiary alicyclic amines) is 1. The van der Waals surface area contributed by atoms with Gasteiger partial charge in [0, 0.05) is 13.1 Å². The Kier molecular flexibility index (Phi) is 5.28. The minimum atomic E-state index is -0.417. The number of nitrogens with zero attached hydrogens (tertiary/aromatic N) is 1. The third-order valence-electron chi connectivity index (χ3n) is 3.83. The van der Waals surface area contributed by atoms with Gasteiger partial charge in [-0.2, -0.15) is 0 Å². The molecule has 1 aliphatic heterocycles. The molecule has 0 saturated carbocycles. The van der Waals surface area contributed by atoms with Gasteiger partial charge in [0.15, 0.2) is 0 Å². The van der Waals surface area contributed by atoms with Crippen LogP contribution in [0.25, 0.3) is 6.08 Å². The normalized spacial score (nSPS) is 17.0. The summed E-state index contributed by atoms with van der Waals surface area (Å²) < 4.78 is 5.42. The number of hydrogen-bond acceptors (Lipinski definition) is 2. The highest BCUT2D eigenvalue weighted by Crippen LogP contribution is 2.21. The van der Waals surface area contributed by atoms with E-state index in [4.69, 9.17) is 4.74 Å². The number of allylic oxidation sites excluding steroid dienone is 1. The monoisotopic (exact) mass is 301 g/mol. The fraction of sp³-hybridized carbons (Fsp3) is 0.526. The van der Waals surface area contributed by atoms with Crippen LogP contribution in [0.5, 0.6) is 0 Å². The molecule has 1 amide bonds. The van der Waals surface area contributed by atoms with E-state index in [0.717, 1.165) is 25.9 Å². The summed E-state index contributed by atoms with van der Waals surface area (Å²) in [6.07, 6.45) is 6.28. The van der Waals surface area contributed by atoms with Gasteiger partial charge >= 0.3 is 6.09 Å². The second kappa shape index (κ2) is 6.99. The maximum absolute atomic E-state index is 12.0. The maximum Gasteiger partial charge on any atom is 0.410 e. The quantitative estimate of drug-likeness (QED) is 0.795. The molecule has 0 aliphatic carbocycles. The van der Waals surface area contributed by atoms with Crippen molar-refractivity contribution < 1.29 is 9.53 Å². The molecule has 1 aromatic rings. The van der Waals surface area contributed by atoms with E-state index in [1.807, 2.05) is 25.7 Å². The van der Waals surface area contributed by atoms with E-state index in [1.54, 1.807) is 0 Å². The predicted molar refractivity (Wildman–Crippen MR) is 90.7 cm³/mol. The first-order chi connectivity index (χ1) is 10.3. The summed E-state index contributed by atoms with van der Waals surface area (Å²) >= 11 is 0. The summed E-state index contributed by atoms with van der Waals surface area (Å²) in [4.78, 5) is 13.8. The van der Waals surface area contributed by atoms with Crippen molar-refractivity contribution in [2.45, 2.75) is 46.1 Å². The molecule has 1 saturated heterocycles. The minimum absolute atomic E-state index is 0.187. The van der Waals surface area contributed by atoms with Crippen molar-refractivity contribution >= 4 is 12.2 Å². The van der Waals surface area contributed by atoms with Crippen LogP contribution in [-0.2, 0) is 4.74 Å². The molecule has 0 bridgehead atoms. The topological polar surface area (TPSA) is 29.5 Å². The lowest BCUT2D eigenvalue weighted by atomic mass is 9.96. The first-order valence-electron chi connectivity index (χ1n) is 8.06. The van der Waals surface area contributed by atoms with Gasteiger partial charge in [-0.3, -0.25) is 0 Å². The summed E-state index contributed by atoms with van der Waals surface area (Å²) in [5.74, 6) is 0.542. The highest BCUT2D eigenvalue weighted by Gasteiger charge is 2.25. The fourth-order valence-corrected chi connectivity index (χ4v) is 2.53. The molecule has 3 heteroatoms. The van der Waals surface area contributed by atoms with Crippen molar-refractivity contribution in [1.82, 2.24) is 4.90 Å². The van der Waals surface area contributed by atoms with Gasteiger partial charge in [0.05, 0.1) is 0 Å². The molecule has 0 N–H and O–H groups in total. The summed E-state index contributed by atoms with van der Waals surface area (Å²) in [5.41, 5.74) is 2.10. The molecule has 120 valence electrons. The molecular weight excluding hydrogens is 274 g/mol. The third kappa shape index (κ3) is 5.21. The summed E-state index contributed by atoms with van der Waals surface area (Å²) in [6.45, 7) is 9.36.